The normalized spacial score (nSPS) is 15.9. The van der Waals surface area contributed by atoms with Crippen molar-refractivity contribution in [1.82, 2.24) is 9.21 Å². The summed E-state index contributed by atoms with van der Waals surface area (Å²) in [5.74, 6) is 0.825. The monoisotopic (exact) mass is 438 g/mol. The predicted octanol–water partition coefficient (Wildman–Crippen LogP) is 4.53. The lowest BCUT2D eigenvalue weighted by atomic mass is 10.1. The van der Waals surface area contributed by atoms with Gasteiger partial charge in [-0.25, -0.2) is 8.42 Å². The maximum absolute atomic E-state index is 13.2. The molecule has 0 atom stereocenters. The van der Waals surface area contributed by atoms with Crippen molar-refractivity contribution >= 4 is 20.8 Å². The van der Waals surface area contributed by atoms with Gasteiger partial charge in [-0.1, -0.05) is 55.8 Å². The molecule has 1 saturated heterocycles. The second-order valence-corrected chi connectivity index (χ2v) is 9.98. The van der Waals surface area contributed by atoms with E-state index < -0.39 is 10.0 Å². The number of sulfonamides is 1. The lowest BCUT2D eigenvalue weighted by molar-refractivity contribution is 0.181. The minimum absolute atomic E-state index is 0.358. The Kier molecular flexibility index (Phi) is 6.90. The summed E-state index contributed by atoms with van der Waals surface area (Å²) in [6.45, 7) is 6.18. The van der Waals surface area contributed by atoms with Crippen LogP contribution in [0.4, 0.5) is 0 Å². The van der Waals surface area contributed by atoms with Crippen LogP contribution in [0.5, 0.6) is 5.75 Å². The van der Waals surface area contributed by atoms with Crippen molar-refractivity contribution in [2.24, 2.45) is 0 Å². The van der Waals surface area contributed by atoms with E-state index in [2.05, 4.69) is 24.0 Å². The molecule has 1 aliphatic rings. The van der Waals surface area contributed by atoms with Crippen LogP contribution in [0.1, 0.15) is 25.3 Å². The van der Waals surface area contributed by atoms with Crippen LogP contribution in [-0.2, 0) is 16.6 Å². The number of hydrogen-bond acceptors (Lipinski definition) is 4. The number of nitrogens with zero attached hydrogens (tertiary/aromatic N) is 2. The van der Waals surface area contributed by atoms with Crippen molar-refractivity contribution in [1.29, 1.82) is 0 Å². The Balaban J connectivity index is 1.42. The molecule has 1 aliphatic heterocycles. The topological polar surface area (TPSA) is 49.9 Å². The van der Waals surface area contributed by atoms with E-state index in [1.54, 1.807) is 16.4 Å². The third-order valence-electron chi connectivity index (χ3n) is 5.77. The van der Waals surface area contributed by atoms with Crippen molar-refractivity contribution in [3.8, 4) is 5.75 Å². The van der Waals surface area contributed by atoms with E-state index in [0.717, 1.165) is 49.0 Å². The smallest absolute Gasteiger partial charge is 0.243 e. The van der Waals surface area contributed by atoms with Crippen LogP contribution in [0.25, 0.3) is 10.8 Å². The van der Waals surface area contributed by atoms with Crippen LogP contribution in [0.3, 0.4) is 0 Å². The third kappa shape index (κ3) is 5.26. The molecular weight excluding hydrogens is 408 g/mol. The molecule has 6 heteroatoms. The predicted molar refractivity (Wildman–Crippen MR) is 125 cm³/mol. The van der Waals surface area contributed by atoms with Crippen LogP contribution in [0.15, 0.2) is 71.6 Å². The number of rotatable bonds is 8. The molecule has 0 aromatic heterocycles. The Bertz CT molecular complexity index is 1110. The summed E-state index contributed by atoms with van der Waals surface area (Å²) in [4.78, 5) is 2.66. The quantitative estimate of drug-likeness (QED) is 0.485. The third-order valence-corrected chi connectivity index (χ3v) is 7.66. The molecule has 5 nitrogen and oxygen atoms in total. The summed E-state index contributed by atoms with van der Waals surface area (Å²) < 4.78 is 33.8. The van der Waals surface area contributed by atoms with Gasteiger partial charge in [0.15, 0.2) is 0 Å². The standard InChI is InChI=1S/C25H30N2O3S/c1-2-3-17-30-24-11-9-23-19-25(12-10-22(23)18-24)31(28,29)27-15-13-26(14-16-27)20-21-7-5-4-6-8-21/h4-12,18-19H,2-3,13-17,20H2,1H3. The molecule has 0 amide bonds. The van der Waals surface area contributed by atoms with E-state index in [-0.39, 0.29) is 0 Å². The highest BCUT2D eigenvalue weighted by atomic mass is 32.2. The van der Waals surface area contributed by atoms with Crippen LogP contribution in [0, 0.1) is 0 Å². The van der Waals surface area contributed by atoms with Crippen molar-refractivity contribution in [2.75, 3.05) is 32.8 Å². The fraction of sp³-hybridized carbons (Fsp3) is 0.360. The van der Waals surface area contributed by atoms with Crippen LogP contribution in [-0.4, -0.2) is 50.4 Å². The van der Waals surface area contributed by atoms with Gasteiger partial charge in [-0.15, -0.1) is 0 Å². The second kappa shape index (κ2) is 9.81. The molecule has 164 valence electrons. The Morgan fingerprint density at radius 3 is 2.32 bits per heavy atom. The fourth-order valence-corrected chi connectivity index (χ4v) is 5.36. The summed E-state index contributed by atoms with van der Waals surface area (Å²) in [7, 11) is -3.50. The van der Waals surface area contributed by atoms with Gasteiger partial charge in [0.1, 0.15) is 5.75 Å². The molecule has 0 N–H and O–H groups in total. The SMILES string of the molecule is CCCCOc1ccc2cc(S(=O)(=O)N3CCN(Cc4ccccc4)CC3)ccc2c1. The van der Waals surface area contributed by atoms with Gasteiger partial charge in [0.25, 0.3) is 0 Å². The molecule has 0 aliphatic carbocycles. The zero-order valence-corrected chi connectivity index (χ0v) is 18.9. The molecule has 3 aromatic rings. The minimum atomic E-state index is -3.50. The first-order valence-corrected chi connectivity index (χ1v) is 12.4. The molecule has 4 rings (SSSR count). The average molecular weight is 439 g/mol. The van der Waals surface area contributed by atoms with Gasteiger partial charge >= 0.3 is 0 Å². The van der Waals surface area contributed by atoms with Gasteiger partial charge in [-0.3, -0.25) is 4.90 Å². The van der Waals surface area contributed by atoms with Crippen molar-refractivity contribution in [3.05, 3.63) is 72.3 Å². The Hall–Kier alpha value is -2.41. The highest BCUT2D eigenvalue weighted by Crippen LogP contribution is 2.26. The lowest BCUT2D eigenvalue weighted by Crippen LogP contribution is -2.48. The molecule has 0 unspecified atom stereocenters. The Morgan fingerprint density at radius 1 is 0.871 bits per heavy atom. The van der Waals surface area contributed by atoms with Gasteiger partial charge in [0.05, 0.1) is 11.5 Å². The van der Waals surface area contributed by atoms with E-state index in [4.69, 9.17) is 4.74 Å². The van der Waals surface area contributed by atoms with Crippen molar-refractivity contribution in [3.63, 3.8) is 0 Å². The van der Waals surface area contributed by atoms with Crippen LogP contribution >= 0.6 is 0 Å². The first-order chi connectivity index (χ1) is 15.1. The summed E-state index contributed by atoms with van der Waals surface area (Å²) in [5.41, 5.74) is 1.26. The molecule has 0 spiro atoms. The lowest BCUT2D eigenvalue weighted by Gasteiger charge is -2.34. The molecule has 0 radical (unpaired) electrons. The number of unbranched alkanes of at least 4 members (excludes halogenated alkanes) is 1. The molecule has 0 bridgehead atoms. The molecular formula is C25H30N2O3S. The zero-order chi connectivity index (χ0) is 21.7. The molecule has 0 saturated carbocycles. The van der Waals surface area contributed by atoms with Crippen LogP contribution < -0.4 is 4.74 Å². The fourth-order valence-electron chi connectivity index (χ4n) is 3.91. The van der Waals surface area contributed by atoms with Gasteiger partial charge in [0.2, 0.25) is 10.0 Å². The van der Waals surface area contributed by atoms with Crippen molar-refractivity contribution < 1.29 is 13.2 Å². The Morgan fingerprint density at radius 2 is 1.58 bits per heavy atom. The van der Waals surface area contributed by atoms with Gasteiger partial charge < -0.3 is 4.74 Å². The summed E-state index contributed by atoms with van der Waals surface area (Å²) in [6, 6.07) is 21.5. The number of piperazine rings is 1. The van der Waals surface area contributed by atoms with E-state index in [0.29, 0.717) is 24.6 Å². The highest BCUT2D eigenvalue weighted by Gasteiger charge is 2.28. The number of ether oxygens (including phenoxy) is 1. The second-order valence-electron chi connectivity index (χ2n) is 8.04. The number of hydrogen-bond donors (Lipinski definition) is 0. The number of fused-ring (bicyclic) bond motifs is 1. The average Bonchev–Trinajstić information content (AvgIpc) is 2.80. The van der Waals surface area contributed by atoms with E-state index in [1.807, 2.05) is 42.5 Å². The van der Waals surface area contributed by atoms with E-state index in [9.17, 15) is 8.42 Å². The first-order valence-electron chi connectivity index (χ1n) is 11.0. The molecule has 31 heavy (non-hydrogen) atoms. The molecule has 3 aromatic carbocycles. The summed E-state index contributed by atoms with van der Waals surface area (Å²) in [5, 5.41) is 1.90. The van der Waals surface area contributed by atoms with E-state index >= 15 is 0 Å². The van der Waals surface area contributed by atoms with Gasteiger partial charge in [0, 0.05) is 32.7 Å². The highest BCUT2D eigenvalue weighted by molar-refractivity contribution is 7.89. The minimum Gasteiger partial charge on any atom is -0.494 e. The van der Waals surface area contributed by atoms with Crippen LogP contribution in [0.2, 0.25) is 0 Å². The first kappa shape index (κ1) is 21.8. The maximum atomic E-state index is 13.2. The number of benzene rings is 3. The largest absolute Gasteiger partial charge is 0.494 e. The maximum Gasteiger partial charge on any atom is 0.243 e. The molecule has 1 heterocycles. The van der Waals surface area contributed by atoms with E-state index in [1.165, 1.54) is 5.56 Å². The summed E-state index contributed by atoms with van der Waals surface area (Å²) in [6.07, 6.45) is 2.11. The summed E-state index contributed by atoms with van der Waals surface area (Å²) >= 11 is 0. The van der Waals surface area contributed by atoms with Gasteiger partial charge in [-0.2, -0.15) is 4.31 Å². The Labute approximate surface area is 185 Å². The van der Waals surface area contributed by atoms with Gasteiger partial charge in [-0.05, 0) is 47.0 Å². The molecule has 1 fully saturated rings. The zero-order valence-electron chi connectivity index (χ0n) is 18.0. The van der Waals surface area contributed by atoms with Crippen molar-refractivity contribution in [2.45, 2.75) is 31.2 Å².